The van der Waals surface area contributed by atoms with Gasteiger partial charge in [-0.3, -0.25) is 0 Å². The largest absolute Gasteiger partial charge is 0.438 e. The van der Waals surface area contributed by atoms with Crippen LogP contribution >= 0.6 is 27.5 Å². The molecular weight excluding hydrogens is 351 g/mol. The molecule has 3 aromatic rings. The van der Waals surface area contributed by atoms with E-state index in [9.17, 15) is 4.39 Å². The van der Waals surface area contributed by atoms with Gasteiger partial charge in [-0.15, -0.1) is 0 Å². The van der Waals surface area contributed by atoms with Crippen molar-refractivity contribution in [2.24, 2.45) is 7.05 Å². The lowest BCUT2D eigenvalue weighted by Crippen LogP contribution is -1.94. The molecule has 0 unspecified atom stereocenters. The smallest absolute Gasteiger partial charge is 0.234 e. The molecule has 0 bridgehead atoms. The molecule has 0 aliphatic rings. The summed E-state index contributed by atoms with van der Waals surface area (Å²) in [5.74, 6) is 0.194. The summed E-state index contributed by atoms with van der Waals surface area (Å²) in [5, 5.41) is 4.81. The van der Waals surface area contributed by atoms with Gasteiger partial charge < -0.3 is 4.74 Å². The fourth-order valence-electron chi connectivity index (χ4n) is 1.75. The number of ether oxygens (including phenoxy) is 1. The van der Waals surface area contributed by atoms with E-state index in [1.807, 2.05) is 0 Å². The minimum absolute atomic E-state index is 0.0157. The number of aromatic nitrogens is 4. The van der Waals surface area contributed by atoms with Gasteiger partial charge in [0, 0.05) is 13.1 Å². The predicted octanol–water partition coefficient (Wildman–Crippen LogP) is 3.71. The van der Waals surface area contributed by atoms with Crippen LogP contribution in [-0.4, -0.2) is 19.7 Å². The van der Waals surface area contributed by atoms with Crippen molar-refractivity contribution in [1.29, 1.82) is 0 Å². The van der Waals surface area contributed by atoms with Gasteiger partial charge in [-0.2, -0.15) is 5.10 Å². The molecule has 0 saturated carbocycles. The maximum Gasteiger partial charge on any atom is 0.234 e. The quantitative estimate of drug-likeness (QED) is 0.701. The maximum atomic E-state index is 13.1. The minimum atomic E-state index is -0.505. The molecule has 2 heterocycles. The monoisotopic (exact) mass is 356 g/mol. The molecule has 0 radical (unpaired) electrons. The summed E-state index contributed by atoms with van der Waals surface area (Å²) in [6, 6.07) is 4.09. The van der Waals surface area contributed by atoms with Crippen molar-refractivity contribution in [2.45, 2.75) is 0 Å². The number of hydrogen-bond acceptors (Lipinski definition) is 4. The predicted molar refractivity (Wildman–Crippen MR) is 75.5 cm³/mol. The second-order valence-electron chi connectivity index (χ2n) is 3.97. The van der Waals surface area contributed by atoms with Crippen LogP contribution in [0.2, 0.25) is 5.02 Å². The standard InChI is InChI=1S/C12H7BrClFN4O/c1-19-11-9(10(13)18-19)12(17-5-16-11)20-6-2-3-8(15)7(14)4-6/h2-5H,1H3. The number of benzene rings is 1. The molecule has 0 fully saturated rings. The molecular formula is C12H7BrClFN4O. The van der Waals surface area contributed by atoms with E-state index < -0.39 is 5.82 Å². The summed E-state index contributed by atoms with van der Waals surface area (Å²) in [6.07, 6.45) is 1.37. The summed E-state index contributed by atoms with van der Waals surface area (Å²) in [7, 11) is 1.76. The minimum Gasteiger partial charge on any atom is -0.438 e. The van der Waals surface area contributed by atoms with Crippen LogP contribution in [0.1, 0.15) is 0 Å². The van der Waals surface area contributed by atoms with Crippen molar-refractivity contribution in [1.82, 2.24) is 19.7 Å². The zero-order valence-corrected chi connectivity index (χ0v) is 12.5. The Balaban J connectivity index is 2.08. The summed E-state index contributed by atoms with van der Waals surface area (Å²) in [6.45, 7) is 0. The Morgan fingerprint density at radius 3 is 2.90 bits per heavy atom. The Morgan fingerprint density at radius 1 is 1.35 bits per heavy atom. The van der Waals surface area contributed by atoms with Crippen LogP contribution in [0, 0.1) is 5.82 Å². The van der Waals surface area contributed by atoms with E-state index in [1.54, 1.807) is 11.7 Å². The highest BCUT2D eigenvalue weighted by Crippen LogP contribution is 2.32. The number of aryl methyl sites for hydroxylation is 1. The Morgan fingerprint density at radius 2 is 2.15 bits per heavy atom. The summed E-state index contributed by atoms with van der Waals surface area (Å²) >= 11 is 9.05. The van der Waals surface area contributed by atoms with Gasteiger partial charge in [0.25, 0.3) is 0 Å². The van der Waals surface area contributed by atoms with Gasteiger partial charge in [0.05, 0.1) is 5.02 Å². The van der Waals surface area contributed by atoms with Crippen LogP contribution < -0.4 is 4.74 Å². The van der Waals surface area contributed by atoms with Gasteiger partial charge >= 0.3 is 0 Å². The van der Waals surface area contributed by atoms with Crippen LogP contribution in [0.25, 0.3) is 11.0 Å². The third kappa shape index (κ3) is 2.23. The van der Waals surface area contributed by atoms with Gasteiger partial charge in [-0.1, -0.05) is 11.6 Å². The first-order valence-corrected chi connectivity index (χ1v) is 6.69. The van der Waals surface area contributed by atoms with Crippen molar-refractivity contribution in [2.75, 3.05) is 0 Å². The van der Waals surface area contributed by atoms with Gasteiger partial charge in [0.2, 0.25) is 5.88 Å². The first-order chi connectivity index (χ1) is 9.56. The maximum absolute atomic E-state index is 13.1. The number of rotatable bonds is 2. The van der Waals surface area contributed by atoms with E-state index in [0.717, 1.165) is 0 Å². The molecule has 0 aliphatic heterocycles. The topological polar surface area (TPSA) is 52.8 Å². The SMILES string of the molecule is Cn1nc(Br)c2c(Oc3ccc(F)c(Cl)c3)ncnc21. The van der Waals surface area contributed by atoms with Gasteiger partial charge in [-0.25, -0.2) is 19.0 Å². The molecule has 0 spiro atoms. The molecule has 1 aromatic carbocycles. The molecule has 0 aliphatic carbocycles. The van der Waals surface area contributed by atoms with Crippen molar-refractivity contribution >= 4 is 38.6 Å². The molecule has 0 amide bonds. The Labute approximate surface area is 126 Å². The normalized spacial score (nSPS) is 11.0. The first kappa shape index (κ1) is 13.3. The average molecular weight is 358 g/mol. The lowest BCUT2D eigenvalue weighted by Gasteiger charge is -2.06. The van der Waals surface area contributed by atoms with Crippen LogP contribution in [0.3, 0.4) is 0 Å². The van der Waals surface area contributed by atoms with Crippen molar-refractivity contribution in [3.63, 3.8) is 0 Å². The highest BCUT2D eigenvalue weighted by molar-refractivity contribution is 9.10. The number of nitrogens with zero attached hydrogens (tertiary/aromatic N) is 4. The summed E-state index contributed by atoms with van der Waals surface area (Å²) < 4.78 is 20.9. The van der Waals surface area contributed by atoms with E-state index in [4.69, 9.17) is 16.3 Å². The highest BCUT2D eigenvalue weighted by Gasteiger charge is 2.15. The Kier molecular flexibility index (Phi) is 3.31. The molecule has 8 heteroatoms. The molecule has 0 N–H and O–H groups in total. The zero-order valence-electron chi connectivity index (χ0n) is 10.1. The third-order valence-electron chi connectivity index (χ3n) is 2.65. The third-order valence-corrected chi connectivity index (χ3v) is 3.49. The van der Waals surface area contributed by atoms with Crippen molar-refractivity contribution < 1.29 is 9.13 Å². The molecule has 0 saturated heterocycles. The van der Waals surface area contributed by atoms with Crippen molar-refractivity contribution in [3.05, 3.63) is 40.0 Å². The van der Waals surface area contributed by atoms with E-state index in [-0.39, 0.29) is 5.02 Å². The second-order valence-corrected chi connectivity index (χ2v) is 5.13. The average Bonchev–Trinajstić information content (AvgIpc) is 2.71. The number of fused-ring (bicyclic) bond motifs is 1. The molecule has 20 heavy (non-hydrogen) atoms. The zero-order chi connectivity index (χ0) is 14.3. The van der Waals surface area contributed by atoms with Crippen LogP contribution in [-0.2, 0) is 7.05 Å². The molecule has 3 rings (SSSR count). The van der Waals surface area contributed by atoms with Gasteiger partial charge in [-0.05, 0) is 28.1 Å². The Bertz CT molecular complexity index is 807. The van der Waals surface area contributed by atoms with E-state index in [1.165, 1.54) is 24.5 Å². The number of hydrogen-bond donors (Lipinski definition) is 0. The fourth-order valence-corrected chi connectivity index (χ4v) is 2.50. The number of halogens is 3. The molecule has 0 atom stereocenters. The summed E-state index contributed by atoms with van der Waals surface area (Å²) in [4.78, 5) is 8.20. The van der Waals surface area contributed by atoms with Crippen LogP contribution in [0.15, 0.2) is 29.1 Å². The second kappa shape index (κ2) is 4.99. The highest BCUT2D eigenvalue weighted by atomic mass is 79.9. The lowest BCUT2D eigenvalue weighted by atomic mass is 10.3. The van der Waals surface area contributed by atoms with Crippen LogP contribution in [0.5, 0.6) is 11.6 Å². The lowest BCUT2D eigenvalue weighted by molar-refractivity contribution is 0.466. The van der Waals surface area contributed by atoms with E-state index in [0.29, 0.717) is 27.3 Å². The van der Waals surface area contributed by atoms with Gasteiger partial charge in [0.15, 0.2) is 5.65 Å². The van der Waals surface area contributed by atoms with E-state index in [2.05, 4.69) is 31.0 Å². The van der Waals surface area contributed by atoms with Gasteiger partial charge in [0.1, 0.15) is 27.9 Å². The van der Waals surface area contributed by atoms with Crippen LogP contribution in [0.4, 0.5) is 4.39 Å². The molecule has 5 nitrogen and oxygen atoms in total. The van der Waals surface area contributed by atoms with Crippen molar-refractivity contribution in [3.8, 4) is 11.6 Å². The molecule has 2 aromatic heterocycles. The molecule has 102 valence electrons. The Hall–Kier alpha value is -1.73. The fraction of sp³-hybridized carbons (Fsp3) is 0.0833. The summed E-state index contributed by atoms with van der Waals surface area (Å²) in [5.41, 5.74) is 0.620. The first-order valence-electron chi connectivity index (χ1n) is 5.52. The van der Waals surface area contributed by atoms with E-state index >= 15 is 0 Å².